The van der Waals surface area contributed by atoms with Crippen molar-refractivity contribution in [3.63, 3.8) is 0 Å². The van der Waals surface area contributed by atoms with Crippen LogP contribution in [0.3, 0.4) is 0 Å². The first-order valence-electron chi connectivity index (χ1n) is 11.8. The second-order valence-electron chi connectivity index (χ2n) is 8.61. The number of allylic oxidation sites excluding steroid dienone is 15. The van der Waals surface area contributed by atoms with Gasteiger partial charge in [0, 0.05) is 11.1 Å². The van der Waals surface area contributed by atoms with Gasteiger partial charge in [-0.3, -0.25) is 0 Å². The van der Waals surface area contributed by atoms with Crippen molar-refractivity contribution >= 4 is 11.6 Å². The van der Waals surface area contributed by atoms with Crippen LogP contribution in [0, 0.1) is 0 Å². The predicted molar refractivity (Wildman–Crippen MR) is 144 cm³/mol. The second kappa shape index (κ2) is 10.4. The van der Waals surface area contributed by atoms with Crippen molar-refractivity contribution in [2.24, 2.45) is 0 Å². The molecule has 1 N–H and O–H groups in total. The van der Waals surface area contributed by atoms with E-state index in [9.17, 15) is 5.11 Å². The summed E-state index contributed by atoms with van der Waals surface area (Å²) < 4.78 is 5.52. The van der Waals surface area contributed by atoms with E-state index in [0.717, 1.165) is 47.1 Å². The topological polar surface area (TPSA) is 29.5 Å². The molecule has 0 radical (unpaired) electrons. The van der Waals surface area contributed by atoms with Gasteiger partial charge in [0.1, 0.15) is 0 Å². The van der Waals surface area contributed by atoms with Crippen LogP contribution in [0.25, 0.3) is 11.6 Å². The SMILES string of the molecule is C=C(/C(O)=C(\C=C/C)OC)/C(C1=C(C)CC=Cc2ccccc21)=C1/C=CCC2=CC=CCC=C21. The van der Waals surface area contributed by atoms with Crippen molar-refractivity contribution in [2.45, 2.75) is 33.1 Å². The van der Waals surface area contributed by atoms with Gasteiger partial charge < -0.3 is 9.84 Å². The third kappa shape index (κ3) is 4.49. The Hall–Kier alpha value is -3.78. The fourth-order valence-corrected chi connectivity index (χ4v) is 4.76. The zero-order valence-corrected chi connectivity index (χ0v) is 20.3. The summed E-state index contributed by atoms with van der Waals surface area (Å²) in [5.74, 6) is 0.450. The Labute approximate surface area is 203 Å². The van der Waals surface area contributed by atoms with Crippen molar-refractivity contribution in [1.29, 1.82) is 0 Å². The molecule has 0 bridgehead atoms. The summed E-state index contributed by atoms with van der Waals surface area (Å²) >= 11 is 0. The van der Waals surface area contributed by atoms with E-state index in [4.69, 9.17) is 4.74 Å². The molecule has 0 atom stereocenters. The highest BCUT2D eigenvalue weighted by Gasteiger charge is 2.27. The lowest BCUT2D eigenvalue weighted by atomic mass is 9.78. The van der Waals surface area contributed by atoms with E-state index in [1.165, 1.54) is 16.7 Å². The lowest BCUT2D eigenvalue weighted by molar-refractivity contribution is 0.273. The highest BCUT2D eigenvalue weighted by atomic mass is 16.5. The molecule has 1 aromatic rings. The monoisotopic (exact) mass is 448 g/mol. The van der Waals surface area contributed by atoms with Crippen LogP contribution in [0.15, 0.2) is 130 Å². The number of methoxy groups -OCH3 is 1. The molecule has 0 amide bonds. The van der Waals surface area contributed by atoms with E-state index in [1.54, 1.807) is 13.2 Å². The van der Waals surface area contributed by atoms with Crippen LogP contribution in [-0.4, -0.2) is 12.2 Å². The standard InChI is InChI=1S/C32H32O2/c1-5-13-29(34-4)32(33)23(3)31(28-21-12-18-24-15-7-6-8-19-26(24)28)30-22(2)14-11-17-25-16-9-10-20-27(25)30/h5-7,9-13,15-17,19-21,33H,3,8,14,18H2,1-2,4H3/b13-5-,31-28+,32-29-. The fraction of sp³-hybridized carbons (Fsp3) is 0.188. The minimum absolute atomic E-state index is 0.0509. The lowest BCUT2D eigenvalue weighted by Gasteiger charge is -2.26. The van der Waals surface area contributed by atoms with Crippen LogP contribution in [0.4, 0.5) is 0 Å². The molecule has 0 unspecified atom stereocenters. The number of aliphatic hydroxyl groups excluding tert-OH is 1. The number of rotatable bonds is 5. The van der Waals surface area contributed by atoms with Gasteiger partial charge in [0.2, 0.25) is 0 Å². The Kier molecular flexibility index (Phi) is 7.18. The Bertz CT molecular complexity index is 1280. The molecular weight excluding hydrogens is 416 g/mol. The normalized spacial score (nSPS) is 19.5. The van der Waals surface area contributed by atoms with Gasteiger partial charge in [0.15, 0.2) is 11.5 Å². The van der Waals surface area contributed by atoms with Gasteiger partial charge in [0.05, 0.1) is 7.11 Å². The van der Waals surface area contributed by atoms with Crippen molar-refractivity contribution in [1.82, 2.24) is 0 Å². The Morgan fingerprint density at radius 1 is 1.09 bits per heavy atom. The number of hydrogen-bond donors (Lipinski definition) is 1. The molecule has 1 aromatic carbocycles. The quantitative estimate of drug-likeness (QED) is 0.361. The summed E-state index contributed by atoms with van der Waals surface area (Å²) in [6.07, 6.45) is 23.8. The van der Waals surface area contributed by atoms with Crippen molar-refractivity contribution in [2.75, 3.05) is 7.11 Å². The third-order valence-corrected chi connectivity index (χ3v) is 6.41. The highest BCUT2D eigenvalue weighted by Crippen LogP contribution is 2.44. The molecule has 172 valence electrons. The van der Waals surface area contributed by atoms with E-state index in [-0.39, 0.29) is 5.76 Å². The smallest absolute Gasteiger partial charge is 0.165 e. The molecule has 2 nitrogen and oxygen atoms in total. The summed E-state index contributed by atoms with van der Waals surface area (Å²) in [7, 11) is 1.57. The molecule has 3 aliphatic rings. The van der Waals surface area contributed by atoms with Gasteiger partial charge in [-0.05, 0) is 72.6 Å². The number of fused-ring (bicyclic) bond motifs is 2. The molecule has 2 heteroatoms. The van der Waals surface area contributed by atoms with E-state index in [2.05, 4.69) is 86.4 Å². The van der Waals surface area contributed by atoms with Crippen LogP contribution in [-0.2, 0) is 4.74 Å². The van der Waals surface area contributed by atoms with Crippen LogP contribution in [0.2, 0.25) is 0 Å². The number of ether oxygens (including phenoxy) is 1. The fourth-order valence-electron chi connectivity index (χ4n) is 4.76. The minimum atomic E-state index is 0.0509. The van der Waals surface area contributed by atoms with Crippen molar-refractivity contribution < 1.29 is 9.84 Å². The average Bonchev–Trinajstić information content (AvgIpc) is 3.19. The summed E-state index contributed by atoms with van der Waals surface area (Å²) in [5, 5.41) is 11.4. The van der Waals surface area contributed by atoms with Gasteiger partial charge >= 0.3 is 0 Å². The van der Waals surface area contributed by atoms with E-state index < -0.39 is 0 Å². The Morgan fingerprint density at radius 2 is 1.88 bits per heavy atom. The van der Waals surface area contributed by atoms with Gasteiger partial charge in [0.25, 0.3) is 0 Å². The van der Waals surface area contributed by atoms with E-state index in [0.29, 0.717) is 11.3 Å². The maximum Gasteiger partial charge on any atom is 0.165 e. The molecule has 0 fully saturated rings. The van der Waals surface area contributed by atoms with Gasteiger partial charge in [-0.15, -0.1) is 0 Å². The zero-order chi connectivity index (χ0) is 24.1. The second-order valence-corrected chi connectivity index (χ2v) is 8.61. The summed E-state index contributed by atoms with van der Waals surface area (Å²) in [5.41, 5.74) is 9.73. The predicted octanol–water partition coefficient (Wildman–Crippen LogP) is 8.49. The van der Waals surface area contributed by atoms with E-state index >= 15 is 0 Å². The summed E-state index contributed by atoms with van der Waals surface area (Å²) in [4.78, 5) is 0. The maximum atomic E-state index is 11.4. The van der Waals surface area contributed by atoms with Crippen LogP contribution < -0.4 is 0 Å². The molecule has 0 heterocycles. The third-order valence-electron chi connectivity index (χ3n) is 6.41. The molecule has 0 aromatic heterocycles. The molecule has 34 heavy (non-hydrogen) atoms. The molecule has 0 saturated carbocycles. The van der Waals surface area contributed by atoms with Crippen LogP contribution >= 0.6 is 0 Å². The van der Waals surface area contributed by atoms with Crippen LogP contribution in [0.5, 0.6) is 0 Å². The number of benzene rings is 1. The zero-order valence-electron chi connectivity index (χ0n) is 20.3. The molecule has 4 rings (SSSR count). The van der Waals surface area contributed by atoms with E-state index in [1.807, 2.05) is 13.0 Å². The molecule has 3 aliphatic carbocycles. The first-order valence-corrected chi connectivity index (χ1v) is 11.8. The maximum absolute atomic E-state index is 11.4. The van der Waals surface area contributed by atoms with Gasteiger partial charge in [-0.2, -0.15) is 0 Å². The number of hydrogen-bond acceptors (Lipinski definition) is 2. The average molecular weight is 449 g/mol. The van der Waals surface area contributed by atoms with Gasteiger partial charge in [-0.25, -0.2) is 0 Å². The summed E-state index contributed by atoms with van der Waals surface area (Å²) in [6, 6.07) is 8.44. The summed E-state index contributed by atoms with van der Waals surface area (Å²) in [6.45, 7) is 8.50. The minimum Gasteiger partial charge on any atom is -0.504 e. The largest absolute Gasteiger partial charge is 0.504 e. The molecular formula is C32H32O2. The Morgan fingerprint density at radius 3 is 2.68 bits per heavy atom. The highest BCUT2D eigenvalue weighted by molar-refractivity contribution is 5.93. The van der Waals surface area contributed by atoms with Crippen LogP contribution in [0.1, 0.15) is 44.2 Å². The first-order chi connectivity index (χ1) is 16.6. The Balaban J connectivity index is 2.07. The molecule has 0 spiro atoms. The van der Waals surface area contributed by atoms with Crippen molar-refractivity contribution in [3.05, 3.63) is 142 Å². The lowest BCUT2D eigenvalue weighted by Crippen LogP contribution is -2.09. The van der Waals surface area contributed by atoms with Gasteiger partial charge in [-0.1, -0.05) is 91.1 Å². The van der Waals surface area contributed by atoms with Crippen molar-refractivity contribution in [3.8, 4) is 0 Å². The molecule has 0 aliphatic heterocycles. The first kappa shape index (κ1) is 23.4. The molecule has 0 saturated heterocycles. The number of aliphatic hydroxyl groups is 1.